The lowest BCUT2D eigenvalue weighted by molar-refractivity contribution is 0.125. The van der Waals surface area contributed by atoms with Gasteiger partial charge in [-0.05, 0) is 42.7 Å². The van der Waals surface area contributed by atoms with Gasteiger partial charge in [0.2, 0.25) is 0 Å². The van der Waals surface area contributed by atoms with Crippen molar-refractivity contribution in [2.24, 2.45) is 11.1 Å². The summed E-state index contributed by atoms with van der Waals surface area (Å²) >= 11 is 3.65. The maximum Gasteiger partial charge on any atom is 0.0213 e. The number of hydrogen-bond donors (Lipinski definition) is 1. The molecule has 0 bridgehead atoms. The Morgan fingerprint density at radius 1 is 1.20 bits per heavy atom. The molecule has 2 N–H and O–H groups in total. The van der Waals surface area contributed by atoms with E-state index in [1.54, 1.807) is 0 Å². The van der Waals surface area contributed by atoms with E-state index in [0.717, 1.165) is 6.54 Å². The molecule has 1 nitrogen and oxygen atoms in total. The van der Waals surface area contributed by atoms with E-state index >= 15 is 0 Å². The van der Waals surface area contributed by atoms with Crippen molar-refractivity contribution in [1.82, 2.24) is 0 Å². The van der Waals surface area contributed by atoms with Gasteiger partial charge in [0.05, 0.1) is 0 Å². The van der Waals surface area contributed by atoms with Crippen LogP contribution in [0.15, 0.2) is 28.7 Å². The third-order valence-corrected chi connectivity index (χ3v) is 4.91. The first-order chi connectivity index (χ1) is 7.20. The minimum absolute atomic E-state index is 0.274. The molecule has 1 aromatic carbocycles. The Morgan fingerprint density at radius 3 is 2.40 bits per heavy atom. The first kappa shape index (κ1) is 9.86. The van der Waals surface area contributed by atoms with Crippen molar-refractivity contribution in [3.05, 3.63) is 34.3 Å². The standard InChI is InChI=1S/C13H16BrN/c14-11-4-2-1-3-10(11)13(9-15)7-12(8-13)5-6-12/h1-4H,5-9,15H2. The SMILES string of the molecule is NCC1(c2ccccc2Br)CC2(CC2)C1. The van der Waals surface area contributed by atoms with E-state index in [0.29, 0.717) is 5.41 Å². The van der Waals surface area contributed by atoms with Gasteiger partial charge >= 0.3 is 0 Å². The lowest BCUT2D eigenvalue weighted by Crippen LogP contribution is -2.48. The normalized spacial score (nSPS) is 24.9. The van der Waals surface area contributed by atoms with Crippen LogP contribution in [0.3, 0.4) is 0 Å². The molecule has 0 aromatic heterocycles. The Kier molecular flexibility index (Phi) is 2.02. The van der Waals surface area contributed by atoms with Gasteiger partial charge < -0.3 is 5.73 Å². The van der Waals surface area contributed by atoms with Crippen molar-refractivity contribution in [1.29, 1.82) is 0 Å². The average Bonchev–Trinajstić information content (AvgIpc) is 2.96. The van der Waals surface area contributed by atoms with Crippen LogP contribution in [0.2, 0.25) is 0 Å². The molecular formula is C13H16BrN. The molecule has 2 aliphatic rings. The summed E-state index contributed by atoms with van der Waals surface area (Å²) in [6.45, 7) is 0.789. The molecule has 2 saturated carbocycles. The fourth-order valence-electron chi connectivity index (χ4n) is 3.25. The van der Waals surface area contributed by atoms with Crippen LogP contribution >= 0.6 is 15.9 Å². The molecule has 0 saturated heterocycles. The molecule has 0 radical (unpaired) electrons. The second-order valence-electron chi connectivity index (χ2n) is 5.32. The molecule has 1 aromatic rings. The van der Waals surface area contributed by atoms with E-state index < -0.39 is 0 Å². The van der Waals surface area contributed by atoms with E-state index in [-0.39, 0.29) is 5.41 Å². The van der Waals surface area contributed by atoms with Crippen LogP contribution in [0.1, 0.15) is 31.2 Å². The fourth-order valence-corrected chi connectivity index (χ4v) is 3.96. The third-order valence-electron chi connectivity index (χ3n) is 4.22. The van der Waals surface area contributed by atoms with Crippen molar-refractivity contribution in [2.45, 2.75) is 31.1 Å². The molecule has 0 heterocycles. The van der Waals surface area contributed by atoms with Crippen LogP contribution in [0.4, 0.5) is 0 Å². The number of halogens is 1. The number of nitrogens with two attached hydrogens (primary N) is 1. The third kappa shape index (κ3) is 1.38. The predicted molar refractivity (Wildman–Crippen MR) is 65.8 cm³/mol. The Bertz CT molecular complexity index is 387. The van der Waals surface area contributed by atoms with Crippen molar-refractivity contribution in [3.8, 4) is 0 Å². The quantitative estimate of drug-likeness (QED) is 0.873. The molecule has 80 valence electrons. The maximum absolute atomic E-state index is 6.00. The summed E-state index contributed by atoms with van der Waals surface area (Å²) in [5.74, 6) is 0. The van der Waals surface area contributed by atoms with Crippen molar-refractivity contribution >= 4 is 15.9 Å². The Morgan fingerprint density at radius 2 is 1.87 bits per heavy atom. The van der Waals surface area contributed by atoms with Gasteiger partial charge in [0.25, 0.3) is 0 Å². The zero-order valence-electron chi connectivity index (χ0n) is 8.80. The Balaban J connectivity index is 1.94. The molecule has 0 aliphatic heterocycles. The smallest absolute Gasteiger partial charge is 0.0213 e. The molecule has 2 fully saturated rings. The average molecular weight is 266 g/mol. The van der Waals surface area contributed by atoms with Gasteiger partial charge in [0.15, 0.2) is 0 Å². The molecule has 3 rings (SSSR count). The molecule has 0 atom stereocenters. The highest BCUT2D eigenvalue weighted by atomic mass is 79.9. The molecule has 2 heteroatoms. The van der Waals surface area contributed by atoms with Crippen molar-refractivity contribution in [2.75, 3.05) is 6.54 Å². The van der Waals surface area contributed by atoms with Gasteiger partial charge in [0.1, 0.15) is 0 Å². The largest absolute Gasteiger partial charge is 0.330 e. The van der Waals surface area contributed by atoms with Crippen molar-refractivity contribution < 1.29 is 0 Å². The summed E-state index contributed by atoms with van der Waals surface area (Å²) < 4.78 is 1.23. The van der Waals surface area contributed by atoms with Crippen LogP contribution < -0.4 is 5.73 Å². The van der Waals surface area contributed by atoms with Gasteiger partial charge in [-0.15, -0.1) is 0 Å². The minimum atomic E-state index is 0.274. The fraction of sp³-hybridized carbons (Fsp3) is 0.538. The number of benzene rings is 1. The highest BCUT2D eigenvalue weighted by molar-refractivity contribution is 9.10. The molecule has 0 amide bonds. The van der Waals surface area contributed by atoms with E-state index in [2.05, 4.69) is 40.2 Å². The van der Waals surface area contributed by atoms with Crippen LogP contribution in [0.5, 0.6) is 0 Å². The Labute approximate surface area is 99.2 Å². The topological polar surface area (TPSA) is 26.0 Å². The minimum Gasteiger partial charge on any atom is -0.330 e. The lowest BCUT2D eigenvalue weighted by Gasteiger charge is -2.49. The number of rotatable bonds is 2. The van der Waals surface area contributed by atoms with Crippen LogP contribution in [-0.2, 0) is 5.41 Å². The van der Waals surface area contributed by atoms with Gasteiger partial charge in [0, 0.05) is 16.4 Å². The van der Waals surface area contributed by atoms with E-state index in [1.807, 2.05) is 0 Å². The summed E-state index contributed by atoms with van der Waals surface area (Å²) in [5.41, 5.74) is 8.40. The summed E-state index contributed by atoms with van der Waals surface area (Å²) in [6.07, 6.45) is 5.47. The summed E-state index contributed by atoms with van der Waals surface area (Å²) in [7, 11) is 0. The predicted octanol–water partition coefficient (Wildman–Crippen LogP) is 3.22. The van der Waals surface area contributed by atoms with Crippen LogP contribution in [-0.4, -0.2) is 6.54 Å². The lowest BCUT2D eigenvalue weighted by atomic mass is 9.56. The Hall–Kier alpha value is -0.340. The van der Waals surface area contributed by atoms with Crippen LogP contribution in [0.25, 0.3) is 0 Å². The second-order valence-corrected chi connectivity index (χ2v) is 6.17. The highest BCUT2D eigenvalue weighted by Crippen LogP contribution is 2.69. The van der Waals surface area contributed by atoms with Gasteiger partial charge in [-0.1, -0.05) is 34.1 Å². The molecular weight excluding hydrogens is 250 g/mol. The summed E-state index contributed by atoms with van der Waals surface area (Å²) in [6, 6.07) is 8.55. The van der Waals surface area contributed by atoms with Crippen molar-refractivity contribution in [3.63, 3.8) is 0 Å². The first-order valence-electron chi connectivity index (χ1n) is 5.65. The van der Waals surface area contributed by atoms with E-state index in [4.69, 9.17) is 5.73 Å². The van der Waals surface area contributed by atoms with Gasteiger partial charge in [-0.3, -0.25) is 0 Å². The van der Waals surface area contributed by atoms with E-state index in [1.165, 1.54) is 35.7 Å². The van der Waals surface area contributed by atoms with Crippen LogP contribution in [0, 0.1) is 5.41 Å². The zero-order chi connectivity index (χ0) is 10.5. The molecule has 2 aliphatic carbocycles. The monoisotopic (exact) mass is 265 g/mol. The highest BCUT2D eigenvalue weighted by Gasteiger charge is 2.60. The molecule has 1 spiro atoms. The summed E-state index contributed by atoms with van der Waals surface area (Å²) in [5, 5.41) is 0. The second kappa shape index (κ2) is 3.08. The van der Waals surface area contributed by atoms with Gasteiger partial charge in [-0.25, -0.2) is 0 Å². The summed E-state index contributed by atoms with van der Waals surface area (Å²) in [4.78, 5) is 0. The molecule has 0 unspecified atom stereocenters. The van der Waals surface area contributed by atoms with E-state index in [9.17, 15) is 0 Å². The molecule has 15 heavy (non-hydrogen) atoms. The zero-order valence-corrected chi connectivity index (χ0v) is 10.4. The maximum atomic E-state index is 6.00. The first-order valence-corrected chi connectivity index (χ1v) is 6.44. The number of hydrogen-bond acceptors (Lipinski definition) is 1. The van der Waals surface area contributed by atoms with Gasteiger partial charge in [-0.2, -0.15) is 0 Å².